The Kier molecular flexibility index (Phi) is 3.65. The van der Waals surface area contributed by atoms with E-state index in [1.807, 2.05) is 12.1 Å². The first-order valence-electron chi connectivity index (χ1n) is 8.17. The van der Waals surface area contributed by atoms with Crippen LogP contribution in [0.3, 0.4) is 0 Å². The summed E-state index contributed by atoms with van der Waals surface area (Å²) in [6.07, 6.45) is 11.4. The second kappa shape index (κ2) is 5.95. The Bertz CT molecular complexity index is 862. The van der Waals surface area contributed by atoms with Crippen molar-refractivity contribution < 1.29 is 0 Å². The van der Waals surface area contributed by atoms with Gasteiger partial charge >= 0.3 is 5.69 Å². The number of aromatic nitrogens is 5. The highest BCUT2D eigenvalue weighted by Crippen LogP contribution is 2.25. The molecule has 0 unspecified atom stereocenters. The number of H-pyrrole nitrogens is 1. The summed E-state index contributed by atoms with van der Waals surface area (Å²) < 4.78 is 1.75. The standard InChI is InChI=1S/C17H19N5O/c23-17-21-15-16(22(17)11-12-4-2-1-3-5-12)20-14(10-19-15)13-6-8-18-9-7-13/h6-10,12H,1-5,11H2,(H,19,21,23). The van der Waals surface area contributed by atoms with E-state index in [4.69, 9.17) is 0 Å². The molecule has 118 valence electrons. The van der Waals surface area contributed by atoms with Gasteiger partial charge in [0.2, 0.25) is 0 Å². The number of pyridine rings is 1. The fraction of sp³-hybridized carbons (Fsp3) is 0.412. The van der Waals surface area contributed by atoms with E-state index in [1.54, 1.807) is 23.2 Å². The number of nitrogens with zero attached hydrogens (tertiary/aromatic N) is 4. The zero-order chi connectivity index (χ0) is 15.6. The Morgan fingerprint density at radius 1 is 1.17 bits per heavy atom. The first-order valence-corrected chi connectivity index (χ1v) is 8.17. The Balaban J connectivity index is 1.74. The van der Waals surface area contributed by atoms with Crippen molar-refractivity contribution in [1.82, 2.24) is 24.5 Å². The molecule has 0 radical (unpaired) electrons. The van der Waals surface area contributed by atoms with Gasteiger partial charge in [0.05, 0.1) is 11.9 Å². The van der Waals surface area contributed by atoms with Crippen molar-refractivity contribution in [1.29, 1.82) is 0 Å². The fourth-order valence-corrected chi connectivity index (χ4v) is 3.38. The Morgan fingerprint density at radius 3 is 2.74 bits per heavy atom. The van der Waals surface area contributed by atoms with Crippen LogP contribution in [0, 0.1) is 5.92 Å². The average Bonchev–Trinajstić information content (AvgIpc) is 2.92. The normalized spacial score (nSPS) is 16.0. The van der Waals surface area contributed by atoms with E-state index in [2.05, 4.69) is 19.9 Å². The molecule has 0 aliphatic heterocycles. The number of hydrogen-bond acceptors (Lipinski definition) is 4. The van der Waals surface area contributed by atoms with E-state index < -0.39 is 0 Å². The zero-order valence-electron chi connectivity index (χ0n) is 12.9. The van der Waals surface area contributed by atoms with E-state index >= 15 is 0 Å². The summed E-state index contributed by atoms with van der Waals surface area (Å²) in [5.74, 6) is 0.562. The molecular formula is C17H19N5O. The molecule has 3 aromatic rings. The molecule has 0 amide bonds. The third kappa shape index (κ3) is 2.76. The van der Waals surface area contributed by atoms with Crippen LogP contribution in [-0.4, -0.2) is 24.5 Å². The van der Waals surface area contributed by atoms with Gasteiger partial charge in [-0.3, -0.25) is 14.5 Å². The average molecular weight is 309 g/mol. The number of rotatable bonds is 3. The van der Waals surface area contributed by atoms with Crippen molar-refractivity contribution in [3.63, 3.8) is 0 Å². The zero-order valence-corrected chi connectivity index (χ0v) is 12.9. The SMILES string of the molecule is O=c1[nH]c2ncc(-c3ccncc3)nc2n1CC1CCCCC1. The van der Waals surface area contributed by atoms with Gasteiger partial charge in [-0.1, -0.05) is 19.3 Å². The maximum Gasteiger partial charge on any atom is 0.328 e. The molecule has 1 N–H and O–H groups in total. The van der Waals surface area contributed by atoms with E-state index in [-0.39, 0.29) is 5.69 Å². The predicted molar refractivity (Wildman–Crippen MR) is 88.0 cm³/mol. The summed E-state index contributed by atoms with van der Waals surface area (Å²) in [6.45, 7) is 0.729. The van der Waals surface area contributed by atoms with Crippen LogP contribution in [0.15, 0.2) is 35.5 Å². The lowest BCUT2D eigenvalue weighted by atomic mass is 9.89. The molecule has 1 saturated carbocycles. The van der Waals surface area contributed by atoms with Crippen LogP contribution >= 0.6 is 0 Å². The maximum atomic E-state index is 12.3. The van der Waals surface area contributed by atoms with Gasteiger partial charge in [-0.25, -0.2) is 14.8 Å². The van der Waals surface area contributed by atoms with Crippen molar-refractivity contribution in [3.8, 4) is 11.3 Å². The number of fused-ring (bicyclic) bond motifs is 1. The van der Waals surface area contributed by atoms with E-state index in [1.165, 1.54) is 32.1 Å². The lowest BCUT2D eigenvalue weighted by Crippen LogP contribution is -2.23. The Hall–Kier alpha value is -2.50. The van der Waals surface area contributed by atoms with Crippen LogP contribution in [0.2, 0.25) is 0 Å². The summed E-state index contributed by atoms with van der Waals surface area (Å²) in [5, 5.41) is 0. The quantitative estimate of drug-likeness (QED) is 0.807. The molecule has 0 spiro atoms. The second-order valence-electron chi connectivity index (χ2n) is 6.21. The molecule has 1 aliphatic carbocycles. The van der Waals surface area contributed by atoms with Gasteiger partial charge in [-0.2, -0.15) is 0 Å². The van der Waals surface area contributed by atoms with E-state index in [9.17, 15) is 4.79 Å². The highest BCUT2D eigenvalue weighted by Gasteiger charge is 2.18. The maximum absolute atomic E-state index is 12.3. The highest BCUT2D eigenvalue weighted by molar-refractivity contribution is 5.70. The van der Waals surface area contributed by atoms with Crippen LogP contribution in [-0.2, 0) is 6.54 Å². The van der Waals surface area contributed by atoms with Gasteiger partial charge in [0, 0.05) is 24.5 Å². The smallest absolute Gasteiger partial charge is 0.289 e. The highest BCUT2D eigenvalue weighted by atomic mass is 16.1. The molecular weight excluding hydrogens is 290 g/mol. The van der Waals surface area contributed by atoms with Gasteiger partial charge < -0.3 is 0 Å². The molecule has 0 aromatic carbocycles. The number of imidazole rings is 1. The van der Waals surface area contributed by atoms with Crippen molar-refractivity contribution >= 4 is 11.3 Å². The fourth-order valence-electron chi connectivity index (χ4n) is 3.38. The van der Waals surface area contributed by atoms with Gasteiger partial charge in [0.25, 0.3) is 0 Å². The molecule has 1 aliphatic rings. The minimum Gasteiger partial charge on any atom is -0.289 e. The van der Waals surface area contributed by atoms with Crippen molar-refractivity contribution in [2.75, 3.05) is 0 Å². The number of nitrogens with one attached hydrogen (secondary N) is 1. The van der Waals surface area contributed by atoms with Crippen LogP contribution in [0.25, 0.3) is 22.6 Å². The lowest BCUT2D eigenvalue weighted by molar-refractivity contribution is 0.319. The largest absolute Gasteiger partial charge is 0.328 e. The summed E-state index contributed by atoms with van der Waals surface area (Å²) in [5.41, 5.74) is 2.81. The predicted octanol–water partition coefficient (Wildman–Crippen LogP) is 2.76. The number of hydrogen-bond donors (Lipinski definition) is 1. The molecule has 1 fully saturated rings. The van der Waals surface area contributed by atoms with Crippen LogP contribution in [0.1, 0.15) is 32.1 Å². The molecule has 4 rings (SSSR count). The molecule has 6 nitrogen and oxygen atoms in total. The third-order valence-electron chi connectivity index (χ3n) is 4.62. The van der Waals surface area contributed by atoms with Crippen LogP contribution in [0.5, 0.6) is 0 Å². The monoisotopic (exact) mass is 309 g/mol. The molecule has 0 saturated heterocycles. The van der Waals surface area contributed by atoms with Crippen LogP contribution < -0.4 is 5.69 Å². The molecule has 23 heavy (non-hydrogen) atoms. The molecule has 6 heteroatoms. The summed E-state index contributed by atoms with van der Waals surface area (Å²) in [6, 6.07) is 3.79. The van der Waals surface area contributed by atoms with Crippen molar-refractivity contribution in [3.05, 3.63) is 41.2 Å². The molecule has 3 aromatic heterocycles. The minimum absolute atomic E-state index is 0.113. The first-order chi connectivity index (χ1) is 11.3. The lowest BCUT2D eigenvalue weighted by Gasteiger charge is -2.21. The van der Waals surface area contributed by atoms with Gasteiger partial charge in [-0.15, -0.1) is 0 Å². The van der Waals surface area contributed by atoms with E-state index in [0.29, 0.717) is 17.2 Å². The third-order valence-corrected chi connectivity index (χ3v) is 4.62. The summed E-state index contributed by atoms with van der Waals surface area (Å²) in [4.78, 5) is 28.2. The topological polar surface area (TPSA) is 76.5 Å². The Labute approximate surface area is 133 Å². The van der Waals surface area contributed by atoms with E-state index in [0.717, 1.165) is 17.8 Å². The van der Waals surface area contributed by atoms with Crippen LogP contribution in [0.4, 0.5) is 0 Å². The van der Waals surface area contributed by atoms with Crippen molar-refractivity contribution in [2.45, 2.75) is 38.6 Å². The first kappa shape index (κ1) is 14.1. The second-order valence-corrected chi connectivity index (χ2v) is 6.21. The van der Waals surface area contributed by atoms with Crippen molar-refractivity contribution in [2.24, 2.45) is 5.92 Å². The molecule has 0 bridgehead atoms. The summed E-state index contributed by atoms with van der Waals surface area (Å²) in [7, 11) is 0. The Morgan fingerprint density at radius 2 is 1.96 bits per heavy atom. The van der Waals surface area contributed by atoms with Gasteiger partial charge in [0.15, 0.2) is 11.3 Å². The molecule has 0 atom stereocenters. The summed E-state index contributed by atoms with van der Waals surface area (Å²) >= 11 is 0. The minimum atomic E-state index is -0.113. The number of aromatic amines is 1. The van der Waals surface area contributed by atoms with Gasteiger partial charge in [0.1, 0.15) is 0 Å². The van der Waals surface area contributed by atoms with Gasteiger partial charge in [-0.05, 0) is 30.9 Å². The molecule has 3 heterocycles.